The Hall–Kier alpha value is -1.15. The van der Waals surface area contributed by atoms with Gasteiger partial charge in [0.15, 0.2) is 0 Å². The van der Waals surface area contributed by atoms with E-state index < -0.39 is 10.0 Å². The molecule has 0 aliphatic carbocycles. The number of rotatable bonds is 3. The molecule has 1 amide bonds. The zero-order valence-corrected chi connectivity index (χ0v) is 15.9. The van der Waals surface area contributed by atoms with E-state index >= 15 is 0 Å². The number of nitrogens with one attached hydrogen (secondary N) is 1. The highest BCUT2D eigenvalue weighted by molar-refractivity contribution is 7.89. The predicted octanol–water partition coefficient (Wildman–Crippen LogP) is 1.33. The van der Waals surface area contributed by atoms with E-state index in [1.165, 1.54) is 4.31 Å². The molecule has 1 atom stereocenters. The average Bonchev–Trinajstić information content (AvgIpc) is 2.91. The summed E-state index contributed by atoms with van der Waals surface area (Å²) in [5.41, 5.74) is 0. The van der Waals surface area contributed by atoms with Crippen molar-refractivity contribution in [2.24, 2.45) is 5.92 Å². The van der Waals surface area contributed by atoms with Crippen LogP contribution in [0.2, 0.25) is 0 Å². The zero-order valence-electron chi connectivity index (χ0n) is 14.3. The number of hydrogen-bond acceptors (Lipinski definition) is 4. The molecule has 1 N–H and O–H groups in total. The van der Waals surface area contributed by atoms with Crippen molar-refractivity contribution in [2.75, 3.05) is 39.3 Å². The molecule has 8 heteroatoms. The van der Waals surface area contributed by atoms with Crippen LogP contribution in [0.5, 0.6) is 0 Å². The van der Waals surface area contributed by atoms with Crippen molar-refractivity contribution in [3.8, 4) is 0 Å². The Labute approximate surface area is 156 Å². The standard InChI is InChI=1S/C17H25N3O3S.ClH/c21-17(19-11-5-9-18-10-13-19)15-6-4-12-20(14-15)24(22,23)16-7-2-1-3-8-16;/h1-3,7-8,15,18H,4-6,9-14H2;1H. The molecule has 0 saturated carbocycles. The molecule has 25 heavy (non-hydrogen) atoms. The Morgan fingerprint density at radius 2 is 1.80 bits per heavy atom. The van der Waals surface area contributed by atoms with Crippen LogP contribution < -0.4 is 5.32 Å². The molecule has 0 radical (unpaired) electrons. The summed E-state index contributed by atoms with van der Waals surface area (Å²) in [6.07, 6.45) is 2.45. The fraction of sp³-hybridized carbons (Fsp3) is 0.588. The number of halogens is 1. The minimum Gasteiger partial charge on any atom is -0.341 e. The number of carbonyl (C=O) groups excluding carboxylic acids is 1. The molecule has 2 heterocycles. The van der Waals surface area contributed by atoms with Gasteiger partial charge in [0, 0.05) is 32.7 Å². The maximum Gasteiger partial charge on any atom is 0.243 e. The summed E-state index contributed by atoms with van der Waals surface area (Å²) in [7, 11) is -3.52. The highest BCUT2D eigenvalue weighted by atomic mass is 35.5. The third kappa shape index (κ3) is 4.73. The van der Waals surface area contributed by atoms with Crippen LogP contribution in [0.3, 0.4) is 0 Å². The molecule has 2 fully saturated rings. The lowest BCUT2D eigenvalue weighted by atomic mass is 9.98. The van der Waals surface area contributed by atoms with Crippen molar-refractivity contribution >= 4 is 28.3 Å². The van der Waals surface area contributed by atoms with E-state index in [-0.39, 0.29) is 24.2 Å². The smallest absolute Gasteiger partial charge is 0.243 e. The highest BCUT2D eigenvalue weighted by Crippen LogP contribution is 2.25. The quantitative estimate of drug-likeness (QED) is 0.849. The van der Waals surface area contributed by atoms with Gasteiger partial charge >= 0.3 is 0 Å². The van der Waals surface area contributed by atoms with E-state index in [1.54, 1.807) is 30.3 Å². The number of hydrogen-bond donors (Lipinski definition) is 1. The van der Waals surface area contributed by atoms with Gasteiger partial charge in [0.05, 0.1) is 10.8 Å². The largest absolute Gasteiger partial charge is 0.341 e. The summed E-state index contributed by atoms with van der Waals surface area (Å²) in [4.78, 5) is 15.0. The summed E-state index contributed by atoms with van der Waals surface area (Å²) in [5, 5.41) is 3.29. The third-order valence-electron chi connectivity index (χ3n) is 4.77. The summed E-state index contributed by atoms with van der Waals surface area (Å²) < 4.78 is 27.0. The van der Waals surface area contributed by atoms with Gasteiger partial charge in [-0.15, -0.1) is 12.4 Å². The lowest BCUT2D eigenvalue weighted by molar-refractivity contribution is -0.136. The van der Waals surface area contributed by atoms with Gasteiger partial charge in [-0.05, 0) is 37.9 Å². The average molecular weight is 388 g/mol. The SMILES string of the molecule is Cl.O=C(C1CCCN(S(=O)(=O)c2ccccc2)C1)N1CCCNCC1. The summed E-state index contributed by atoms with van der Waals surface area (Å²) in [6, 6.07) is 8.48. The van der Waals surface area contributed by atoms with E-state index in [0.717, 1.165) is 38.9 Å². The Balaban J connectivity index is 0.00000225. The van der Waals surface area contributed by atoms with Crippen molar-refractivity contribution in [1.82, 2.24) is 14.5 Å². The van der Waals surface area contributed by atoms with Crippen LogP contribution in [0.15, 0.2) is 35.2 Å². The molecular formula is C17H26ClN3O3S. The van der Waals surface area contributed by atoms with Crippen molar-refractivity contribution in [2.45, 2.75) is 24.2 Å². The van der Waals surface area contributed by atoms with Gasteiger partial charge in [0.1, 0.15) is 0 Å². The number of sulfonamides is 1. The van der Waals surface area contributed by atoms with E-state index in [2.05, 4.69) is 5.32 Å². The van der Waals surface area contributed by atoms with Gasteiger partial charge in [0.25, 0.3) is 0 Å². The molecule has 1 unspecified atom stereocenters. The summed E-state index contributed by atoms with van der Waals surface area (Å²) >= 11 is 0. The molecule has 0 bridgehead atoms. The Morgan fingerprint density at radius 1 is 1.04 bits per heavy atom. The van der Waals surface area contributed by atoms with Crippen molar-refractivity contribution in [3.05, 3.63) is 30.3 Å². The van der Waals surface area contributed by atoms with E-state index in [4.69, 9.17) is 0 Å². The Kier molecular flexibility index (Phi) is 7.25. The van der Waals surface area contributed by atoms with E-state index in [1.807, 2.05) is 4.90 Å². The maximum atomic E-state index is 12.8. The van der Waals surface area contributed by atoms with Crippen molar-refractivity contribution < 1.29 is 13.2 Å². The van der Waals surface area contributed by atoms with Crippen LogP contribution in [0.25, 0.3) is 0 Å². The van der Waals surface area contributed by atoms with Gasteiger partial charge < -0.3 is 10.2 Å². The summed E-state index contributed by atoms with van der Waals surface area (Å²) in [5.74, 6) is -0.123. The number of piperidine rings is 1. The topological polar surface area (TPSA) is 69.7 Å². The van der Waals surface area contributed by atoms with Gasteiger partial charge in [-0.1, -0.05) is 18.2 Å². The molecule has 0 spiro atoms. The minimum absolute atomic E-state index is 0. The number of amides is 1. The summed E-state index contributed by atoms with van der Waals surface area (Å²) in [6.45, 7) is 3.99. The second-order valence-corrected chi connectivity index (χ2v) is 8.38. The van der Waals surface area contributed by atoms with Gasteiger partial charge in [-0.3, -0.25) is 4.79 Å². The van der Waals surface area contributed by atoms with Crippen LogP contribution >= 0.6 is 12.4 Å². The van der Waals surface area contributed by atoms with Crippen LogP contribution in [0.4, 0.5) is 0 Å². The molecule has 2 aliphatic heterocycles. The zero-order chi connectivity index (χ0) is 17.0. The lowest BCUT2D eigenvalue weighted by Crippen LogP contribution is -2.47. The minimum atomic E-state index is -3.52. The molecule has 0 aromatic heterocycles. The second kappa shape index (κ2) is 8.98. The molecule has 1 aromatic carbocycles. The molecule has 1 aromatic rings. The Bertz CT molecular complexity index is 661. The molecule has 6 nitrogen and oxygen atoms in total. The monoisotopic (exact) mass is 387 g/mol. The highest BCUT2D eigenvalue weighted by Gasteiger charge is 2.35. The van der Waals surface area contributed by atoms with Crippen LogP contribution in [-0.2, 0) is 14.8 Å². The second-order valence-electron chi connectivity index (χ2n) is 6.44. The molecule has 2 saturated heterocycles. The Morgan fingerprint density at radius 3 is 2.56 bits per heavy atom. The molecule has 2 aliphatic rings. The fourth-order valence-corrected chi connectivity index (χ4v) is 4.97. The van der Waals surface area contributed by atoms with E-state index in [0.29, 0.717) is 24.5 Å². The van der Waals surface area contributed by atoms with Crippen LogP contribution in [-0.4, -0.2) is 62.8 Å². The first-order valence-corrected chi connectivity index (χ1v) is 10.1. The van der Waals surface area contributed by atoms with Crippen molar-refractivity contribution in [1.29, 1.82) is 0 Å². The van der Waals surface area contributed by atoms with Crippen LogP contribution in [0.1, 0.15) is 19.3 Å². The van der Waals surface area contributed by atoms with Gasteiger partial charge in [-0.25, -0.2) is 8.42 Å². The normalized spacial score (nSPS) is 22.7. The van der Waals surface area contributed by atoms with Gasteiger partial charge in [0.2, 0.25) is 15.9 Å². The lowest BCUT2D eigenvalue weighted by Gasteiger charge is -2.34. The molecule has 140 valence electrons. The van der Waals surface area contributed by atoms with E-state index in [9.17, 15) is 13.2 Å². The third-order valence-corrected chi connectivity index (χ3v) is 6.65. The first-order chi connectivity index (χ1) is 11.6. The maximum absolute atomic E-state index is 12.8. The number of carbonyl (C=O) groups is 1. The van der Waals surface area contributed by atoms with Crippen LogP contribution in [0, 0.1) is 5.92 Å². The number of nitrogens with zero attached hydrogens (tertiary/aromatic N) is 2. The first-order valence-electron chi connectivity index (χ1n) is 8.64. The predicted molar refractivity (Wildman–Crippen MR) is 99.2 cm³/mol. The fourth-order valence-electron chi connectivity index (χ4n) is 3.43. The van der Waals surface area contributed by atoms with Crippen molar-refractivity contribution in [3.63, 3.8) is 0 Å². The molecular weight excluding hydrogens is 362 g/mol. The first kappa shape index (κ1) is 20.2. The van der Waals surface area contributed by atoms with Gasteiger partial charge in [-0.2, -0.15) is 4.31 Å². The molecule has 3 rings (SSSR count). The number of benzene rings is 1.